The number of piperazine rings is 1. The Morgan fingerprint density at radius 1 is 1.12 bits per heavy atom. The quantitative estimate of drug-likeness (QED) is 0.761. The first kappa shape index (κ1) is 17.0. The number of rotatable bonds is 4. The third-order valence-corrected chi connectivity index (χ3v) is 6.16. The van der Waals surface area contributed by atoms with E-state index in [1.807, 2.05) is 23.1 Å². The van der Waals surface area contributed by atoms with Crippen molar-refractivity contribution in [3.8, 4) is 0 Å². The fourth-order valence-electron chi connectivity index (χ4n) is 2.75. The van der Waals surface area contributed by atoms with Gasteiger partial charge in [-0.25, -0.2) is 4.68 Å². The van der Waals surface area contributed by atoms with Crippen molar-refractivity contribution in [1.29, 1.82) is 0 Å². The molecule has 0 atom stereocenters. The highest BCUT2D eigenvalue weighted by Gasteiger charge is 2.28. The Kier molecular flexibility index (Phi) is 4.68. The number of nitrogens with zero attached hydrogens (tertiary/aromatic N) is 5. The van der Waals surface area contributed by atoms with Gasteiger partial charge in [-0.05, 0) is 6.07 Å². The first-order valence-electron chi connectivity index (χ1n) is 7.74. The standard InChI is InChI=1S/C15H21N5O3S/c1-17(2)24(22,23)19-9-7-18(8-10-19)12-20-15(21)14-6-4-3-5-13(14)11-16-20/h3-6,11H,7-10,12H2,1-2H3. The summed E-state index contributed by atoms with van der Waals surface area (Å²) in [6.07, 6.45) is 1.68. The van der Waals surface area contributed by atoms with Crippen molar-refractivity contribution in [2.45, 2.75) is 6.67 Å². The van der Waals surface area contributed by atoms with Crippen LogP contribution in [0.25, 0.3) is 10.8 Å². The molecule has 24 heavy (non-hydrogen) atoms. The Bertz CT molecular complexity index is 885. The minimum absolute atomic E-state index is 0.128. The lowest BCUT2D eigenvalue weighted by Gasteiger charge is -2.34. The molecule has 3 rings (SSSR count). The molecule has 2 aromatic rings. The lowest BCUT2D eigenvalue weighted by Crippen LogP contribution is -2.52. The first-order valence-corrected chi connectivity index (χ1v) is 9.14. The van der Waals surface area contributed by atoms with E-state index < -0.39 is 10.2 Å². The Morgan fingerprint density at radius 3 is 2.46 bits per heavy atom. The summed E-state index contributed by atoms with van der Waals surface area (Å²) in [5.41, 5.74) is -0.128. The van der Waals surface area contributed by atoms with Gasteiger partial charge in [0.2, 0.25) is 0 Å². The molecule has 1 saturated heterocycles. The molecular formula is C15H21N5O3S. The van der Waals surface area contributed by atoms with Crippen LogP contribution in [0.2, 0.25) is 0 Å². The third-order valence-electron chi connectivity index (χ3n) is 4.21. The lowest BCUT2D eigenvalue weighted by atomic mass is 10.2. The predicted molar refractivity (Wildman–Crippen MR) is 91.8 cm³/mol. The van der Waals surface area contributed by atoms with E-state index in [1.54, 1.807) is 12.3 Å². The molecule has 130 valence electrons. The average Bonchev–Trinajstić information content (AvgIpc) is 2.58. The van der Waals surface area contributed by atoms with Crippen LogP contribution in [0, 0.1) is 0 Å². The fraction of sp³-hybridized carbons (Fsp3) is 0.467. The highest BCUT2D eigenvalue weighted by atomic mass is 32.2. The molecule has 9 heteroatoms. The van der Waals surface area contributed by atoms with Crippen LogP contribution >= 0.6 is 0 Å². The molecular weight excluding hydrogens is 330 g/mol. The summed E-state index contributed by atoms with van der Waals surface area (Å²) < 4.78 is 28.3. The maximum Gasteiger partial charge on any atom is 0.281 e. The van der Waals surface area contributed by atoms with E-state index in [1.165, 1.54) is 27.4 Å². The predicted octanol–water partition coefficient (Wildman–Crippen LogP) is -0.222. The van der Waals surface area contributed by atoms with Gasteiger partial charge in [-0.15, -0.1) is 0 Å². The number of hydrogen-bond donors (Lipinski definition) is 0. The zero-order chi connectivity index (χ0) is 17.3. The van der Waals surface area contributed by atoms with Crippen LogP contribution in [-0.2, 0) is 16.9 Å². The molecule has 0 unspecified atom stereocenters. The lowest BCUT2D eigenvalue weighted by molar-refractivity contribution is 0.140. The largest absolute Gasteiger partial charge is 0.282 e. The molecule has 1 aliphatic rings. The van der Waals surface area contributed by atoms with Gasteiger partial charge in [0, 0.05) is 45.7 Å². The van der Waals surface area contributed by atoms with E-state index in [0.29, 0.717) is 38.2 Å². The number of benzene rings is 1. The number of fused-ring (bicyclic) bond motifs is 1. The van der Waals surface area contributed by atoms with Gasteiger partial charge in [0.05, 0.1) is 18.3 Å². The molecule has 2 heterocycles. The summed E-state index contributed by atoms with van der Waals surface area (Å²) in [5.74, 6) is 0. The van der Waals surface area contributed by atoms with Gasteiger partial charge < -0.3 is 0 Å². The maximum atomic E-state index is 12.5. The van der Waals surface area contributed by atoms with Crippen molar-refractivity contribution in [1.82, 2.24) is 23.3 Å². The van der Waals surface area contributed by atoms with E-state index in [2.05, 4.69) is 5.10 Å². The molecule has 1 aromatic carbocycles. The van der Waals surface area contributed by atoms with Gasteiger partial charge in [-0.1, -0.05) is 18.2 Å². The van der Waals surface area contributed by atoms with E-state index in [9.17, 15) is 13.2 Å². The molecule has 8 nitrogen and oxygen atoms in total. The van der Waals surface area contributed by atoms with Crippen LogP contribution in [0.15, 0.2) is 35.3 Å². The summed E-state index contributed by atoms with van der Waals surface area (Å²) >= 11 is 0. The molecule has 0 saturated carbocycles. The summed E-state index contributed by atoms with van der Waals surface area (Å²) in [5, 5.41) is 5.68. The molecule has 0 radical (unpaired) electrons. The molecule has 1 aliphatic heterocycles. The summed E-state index contributed by atoms with van der Waals surface area (Å²) in [6, 6.07) is 7.35. The van der Waals surface area contributed by atoms with E-state index in [-0.39, 0.29) is 5.56 Å². The average molecular weight is 351 g/mol. The highest BCUT2D eigenvalue weighted by Crippen LogP contribution is 2.11. The zero-order valence-corrected chi connectivity index (χ0v) is 14.6. The van der Waals surface area contributed by atoms with Gasteiger partial charge in [-0.3, -0.25) is 9.69 Å². The Hall–Kier alpha value is -1.81. The molecule has 0 aliphatic carbocycles. The van der Waals surface area contributed by atoms with Gasteiger partial charge in [0.15, 0.2) is 0 Å². The summed E-state index contributed by atoms with van der Waals surface area (Å²) in [7, 11) is -0.321. The topological polar surface area (TPSA) is 78.8 Å². The van der Waals surface area contributed by atoms with Crippen molar-refractivity contribution in [3.63, 3.8) is 0 Å². The van der Waals surface area contributed by atoms with Crippen LogP contribution in [0.4, 0.5) is 0 Å². The van der Waals surface area contributed by atoms with Crippen LogP contribution in [-0.4, -0.2) is 72.0 Å². The Labute approximate surface area is 141 Å². The van der Waals surface area contributed by atoms with Crippen molar-refractivity contribution in [2.24, 2.45) is 0 Å². The van der Waals surface area contributed by atoms with E-state index >= 15 is 0 Å². The maximum absolute atomic E-state index is 12.5. The molecule has 0 N–H and O–H groups in total. The molecule has 1 fully saturated rings. The van der Waals surface area contributed by atoms with Crippen LogP contribution in [0.1, 0.15) is 0 Å². The second-order valence-electron chi connectivity index (χ2n) is 5.99. The van der Waals surface area contributed by atoms with Gasteiger partial charge >= 0.3 is 0 Å². The van der Waals surface area contributed by atoms with Crippen molar-refractivity contribution in [3.05, 3.63) is 40.8 Å². The normalized spacial score (nSPS) is 17.6. The SMILES string of the molecule is CN(C)S(=O)(=O)N1CCN(Cn2ncc3ccccc3c2=O)CC1. The molecule has 0 bridgehead atoms. The molecule has 1 aromatic heterocycles. The van der Waals surface area contributed by atoms with Gasteiger partial charge in [-0.2, -0.15) is 22.1 Å². The van der Waals surface area contributed by atoms with Gasteiger partial charge in [0.1, 0.15) is 0 Å². The molecule has 0 amide bonds. The molecule has 0 spiro atoms. The first-order chi connectivity index (χ1) is 11.4. The number of aromatic nitrogens is 2. The highest BCUT2D eigenvalue weighted by molar-refractivity contribution is 7.86. The van der Waals surface area contributed by atoms with E-state index in [0.717, 1.165) is 5.39 Å². The monoisotopic (exact) mass is 351 g/mol. The van der Waals surface area contributed by atoms with Crippen LogP contribution < -0.4 is 5.56 Å². The minimum atomic E-state index is -3.38. The smallest absolute Gasteiger partial charge is 0.281 e. The minimum Gasteiger partial charge on any atom is -0.282 e. The van der Waals surface area contributed by atoms with Crippen molar-refractivity contribution < 1.29 is 8.42 Å². The second-order valence-corrected chi connectivity index (χ2v) is 8.13. The zero-order valence-electron chi connectivity index (χ0n) is 13.8. The van der Waals surface area contributed by atoms with E-state index in [4.69, 9.17) is 0 Å². The fourth-order valence-corrected chi connectivity index (χ4v) is 3.84. The second kappa shape index (κ2) is 6.60. The third kappa shape index (κ3) is 3.20. The number of hydrogen-bond acceptors (Lipinski definition) is 5. The van der Waals surface area contributed by atoms with Gasteiger partial charge in [0.25, 0.3) is 15.8 Å². The van der Waals surface area contributed by atoms with Crippen LogP contribution in [0.5, 0.6) is 0 Å². The Balaban J connectivity index is 1.71. The summed E-state index contributed by atoms with van der Waals surface area (Å²) in [6.45, 7) is 2.30. The van der Waals surface area contributed by atoms with Crippen molar-refractivity contribution >= 4 is 21.0 Å². The van der Waals surface area contributed by atoms with Crippen LogP contribution in [0.3, 0.4) is 0 Å². The summed E-state index contributed by atoms with van der Waals surface area (Å²) in [4.78, 5) is 14.5. The Morgan fingerprint density at radius 2 is 1.79 bits per heavy atom. The van der Waals surface area contributed by atoms with Crippen molar-refractivity contribution in [2.75, 3.05) is 40.3 Å².